The standard InChI is InChI=1S/C20H29N3O3/c1-6-25-19(26-7-2)16-13-17(23(5)22-16)20(3,4)14-21-18(24)15-11-9-8-10-12-15/h8-13,19H,6-7,14H2,1-5H3,(H,21,24). The van der Waals surface area contributed by atoms with Crippen molar-refractivity contribution in [1.29, 1.82) is 0 Å². The second kappa shape index (κ2) is 8.96. The third kappa shape index (κ3) is 4.93. The fraction of sp³-hybridized carbons (Fsp3) is 0.500. The van der Waals surface area contributed by atoms with E-state index in [2.05, 4.69) is 24.3 Å². The number of amides is 1. The Labute approximate surface area is 155 Å². The van der Waals surface area contributed by atoms with Gasteiger partial charge < -0.3 is 14.8 Å². The molecule has 0 saturated heterocycles. The Hall–Kier alpha value is -2.18. The van der Waals surface area contributed by atoms with Crippen molar-refractivity contribution < 1.29 is 14.3 Å². The number of benzene rings is 1. The second-order valence-electron chi connectivity index (χ2n) is 6.75. The Kier molecular flexibility index (Phi) is 6.94. The van der Waals surface area contributed by atoms with E-state index in [4.69, 9.17) is 9.47 Å². The number of rotatable bonds is 9. The molecule has 1 aromatic heterocycles. The molecule has 2 aromatic rings. The molecule has 0 aliphatic rings. The van der Waals surface area contributed by atoms with Crippen molar-refractivity contribution >= 4 is 5.91 Å². The van der Waals surface area contributed by atoms with Crippen LogP contribution >= 0.6 is 0 Å². The van der Waals surface area contributed by atoms with Crippen LogP contribution in [0.15, 0.2) is 36.4 Å². The Bertz CT molecular complexity index is 704. The van der Waals surface area contributed by atoms with Crippen molar-refractivity contribution in [3.8, 4) is 0 Å². The highest BCUT2D eigenvalue weighted by Crippen LogP contribution is 2.26. The maximum Gasteiger partial charge on any atom is 0.251 e. The van der Waals surface area contributed by atoms with Gasteiger partial charge in [-0.2, -0.15) is 5.10 Å². The highest BCUT2D eigenvalue weighted by Gasteiger charge is 2.28. The first-order valence-corrected chi connectivity index (χ1v) is 9.00. The van der Waals surface area contributed by atoms with Crippen molar-refractivity contribution in [1.82, 2.24) is 15.1 Å². The Morgan fingerprint density at radius 1 is 1.19 bits per heavy atom. The minimum atomic E-state index is -0.473. The Morgan fingerprint density at radius 3 is 2.38 bits per heavy atom. The normalized spacial score (nSPS) is 11.8. The molecule has 0 aliphatic carbocycles. The number of nitrogens with one attached hydrogen (secondary N) is 1. The summed E-state index contributed by atoms with van der Waals surface area (Å²) in [7, 11) is 1.90. The molecule has 1 aromatic carbocycles. The van der Waals surface area contributed by atoms with Gasteiger partial charge in [0.2, 0.25) is 6.29 Å². The molecule has 0 aliphatic heterocycles. The lowest BCUT2D eigenvalue weighted by Gasteiger charge is -2.25. The van der Waals surface area contributed by atoms with Crippen molar-refractivity contribution in [2.45, 2.75) is 39.4 Å². The van der Waals surface area contributed by atoms with Crippen molar-refractivity contribution in [2.75, 3.05) is 19.8 Å². The van der Waals surface area contributed by atoms with Gasteiger partial charge in [-0.3, -0.25) is 9.48 Å². The molecule has 6 heteroatoms. The van der Waals surface area contributed by atoms with Gasteiger partial charge in [-0.05, 0) is 32.0 Å². The molecule has 1 amide bonds. The van der Waals surface area contributed by atoms with Crippen molar-refractivity contribution in [3.05, 3.63) is 53.3 Å². The third-order valence-corrected chi connectivity index (χ3v) is 4.20. The molecule has 0 spiro atoms. The quantitative estimate of drug-likeness (QED) is 0.698. The average molecular weight is 359 g/mol. The van der Waals surface area contributed by atoms with E-state index >= 15 is 0 Å². The molecular weight excluding hydrogens is 330 g/mol. The van der Waals surface area contributed by atoms with Gasteiger partial charge in [0.1, 0.15) is 5.69 Å². The van der Waals surface area contributed by atoms with Crippen molar-refractivity contribution in [2.24, 2.45) is 7.05 Å². The highest BCUT2D eigenvalue weighted by molar-refractivity contribution is 5.94. The van der Waals surface area contributed by atoms with E-state index in [9.17, 15) is 4.79 Å². The van der Waals surface area contributed by atoms with E-state index in [0.29, 0.717) is 25.3 Å². The van der Waals surface area contributed by atoms with E-state index in [-0.39, 0.29) is 11.3 Å². The van der Waals surface area contributed by atoms with E-state index in [1.165, 1.54) is 0 Å². The number of ether oxygens (including phenoxy) is 2. The van der Waals surface area contributed by atoms with Crippen LogP contribution in [0.5, 0.6) is 0 Å². The van der Waals surface area contributed by atoms with E-state index < -0.39 is 6.29 Å². The fourth-order valence-electron chi connectivity index (χ4n) is 2.84. The predicted molar refractivity (Wildman–Crippen MR) is 101 cm³/mol. The Morgan fingerprint density at radius 2 is 1.81 bits per heavy atom. The summed E-state index contributed by atoms with van der Waals surface area (Å²) < 4.78 is 13.1. The van der Waals surface area contributed by atoms with E-state index in [0.717, 1.165) is 11.4 Å². The number of hydrogen-bond donors (Lipinski definition) is 1. The first-order chi connectivity index (χ1) is 12.4. The largest absolute Gasteiger partial charge is 0.351 e. The summed E-state index contributed by atoms with van der Waals surface area (Å²) in [5, 5.41) is 7.56. The molecule has 1 N–H and O–H groups in total. The summed E-state index contributed by atoms with van der Waals surface area (Å²) in [6.45, 7) is 9.61. The molecule has 6 nitrogen and oxygen atoms in total. The van der Waals surface area contributed by atoms with Gasteiger partial charge in [-0.25, -0.2) is 0 Å². The highest BCUT2D eigenvalue weighted by atomic mass is 16.7. The SMILES string of the molecule is CCOC(OCC)c1cc(C(C)(C)CNC(=O)c2ccccc2)n(C)n1. The first-order valence-electron chi connectivity index (χ1n) is 9.00. The van der Waals surface area contributed by atoms with Gasteiger partial charge >= 0.3 is 0 Å². The maximum absolute atomic E-state index is 12.3. The molecular formula is C20H29N3O3. The van der Waals surface area contributed by atoms with Crippen molar-refractivity contribution in [3.63, 3.8) is 0 Å². The van der Waals surface area contributed by atoms with Crippen LogP contribution in [0.3, 0.4) is 0 Å². The number of aryl methyl sites for hydroxylation is 1. The van der Waals surface area contributed by atoms with Gasteiger partial charge in [0.15, 0.2) is 0 Å². The smallest absolute Gasteiger partial charge is 0.251 e. The van der Waals surface area contributed by atoms with E-state index in [1.54, 1.807) is 12.1 Å². The second-order valence-corrected chi connectivity index (χ2v) is 6.75. The molecule has 2 rings (SSSR count). The van der Waals surface area contributed by atoms with Crippen LogP contribution in [0.2, 0.25) is 0 Å². The van der Waals surface area contributed by atoms with Crippen LogP contribution in [-0.2, 0) is 21.9 Å². The molecule has 0 unspecified atom stereocenters. The fourth-order valence-corrected chi connectivity index (χ4v) is 2.84. The number of nitrogens with zero attached hydrogens (tertiary/aromatic N) is 2. The number of aromatic nitrogens is 2. The molecule has 0 radical (unpaired) electrons. The van der Waals surface area contributed by atoms with Crippen LogP contribution in [-0.4, -0.2) is 35.4 Å². The summed E-state index contributed by atoms with van der Waals surface area (Å²) >= 11 is 0. The number of hydrogen-bond acceptors (Lipinski definition) is 4. The van der Waals surface area contributed by atoms with Crippen LogP contribution in [0.4, 0.5) is 0 Å². The maximum atomic E-state index is 12.3. The molecule has 142 valence electrons. The number of carbonyl (C=O) groups is 1. The first kappa shape index (κ1) is 20.1. The summed E-state index contributed by atoms with van der Waals surface area (Å²) in [5.41, 5.74) is 2.11. The zero-order chi connectivity index (χ0) is 19.2. The zero-order valence-electron chi connectivity index (χ0n) is 16.3. The zero-order valence-corrected chi connectivity index (χ0v) is 16.3. The molecule has 1 heterocycles. The summed E-state index contributed by atoms with van der Waals surface area (Å²) in [5.74, 6) is -0.0809. The van der Waals surface area contributed by atoms with Crippen LogP contribution in [0.1, 0.15) is 55.7 Å². The van der Waals surface area contributed by atoms with Gasteiger partial charge in [-0.1, -0.05) is 32.0 Å². The third-order valence-electron chi connectivity index (χ3n) is 4.20. The summed E-state index contributed by atoms with van der Waals surface area (Å²) in [6.07, 6.45) is -0.473. The summed E-state index contributed by atoms with van der Waals surface area (Å²) in [6, 6.07) is 11.2. The minimum absolute atomic E-state index is 0.0809. The number of carbonyl (C=O) groups excluding carboxylic acids is 1. The molecule has 0 atom stereocenters. The minimum Gasteiger partial charge on any atom is -0.351 e. The van der Waals surface area contributed by atoms with Crippen LogP contribution in [0, 0.1) is 0 Å². The molecule has 0 saturated carbocycles. The molecule has 0 bridgehead atoms. The topological polar surface area (TPSA) is 65.4 Å². The predicted octanol–water partition coefficient (Wildman–Crippen LogP) is 3.20. The van der Waals surface area contributed by atoms with Gasteiger partial charge in [-0.15, -0.1) is 0 Å². The monoisotopic (exact) mass is 359 g/mol. The lowest BCUT2D eigenvalue weighted by Crippen LogP contribution is -2.37. The Balaban J connectivity index is 2.11. The van der Waals surface area contributed by atoms with Gasteiger partial charge in [0.25, 0.3) is 5.91 Å². The average Bonchev–Trinajstić information content (AvgIpc) is 3.03. The van der Waals surface area contributed by atoms with Crippen LogP contribution in [0.25, 0.3) is 0 Å². The van der Waals surface area contributed by atoms with Gasteiger partial charge in [0.05, 0.1) is 0 Å². The lowest BCUT2D eigenvalue weighted by atomic mass is 9.88. The van der Waals surface area contributed by atoms with E-state index in [1.807, 2.05) is 49.8 Å². The summed E-state index contributed by atoms with van der Waals surface area (Å²) in [4.78, 5) is 12.3. The molecule has 0 fully saturated rings. The van der Waals surface area contributed by atoms with Crippen LogP contribution < -0.4 is 5.32 Å². The molecule has 26 heavy (non-hydrogen) atoms. The lowest BCUT2D eigenvalue weighted by molar-refractivity contribution is -0.142. The van der Waals surface area contributed by atoms with Gasteiger partial charge in [0, 0.05) is 43.5 Å².